The van der Waals surface area contributed by atoms with Crippen LogP contribution in [0, 0.1) is 0 Å². The maximum Gasteiger partial charge on any atom is 0.0446 e. The predicted molar refractivity (Wildman–Crippen MR) is 61.9 cm³/mol. The average molecular weight is 212 g/mol. The molecule has 3 heteroatoms. The van der Waals surface area contributed by atoms with Gasteiger partial charge in [-0.1, -0.05) is 12.8 Å². The molecule has 2 N–H and O–H groups in total. The van der Waals surface area contributed by atoms with Crippen molar-refractivity contribution in [2.75, 3.05) is 26.2 Å². The zero-order valence-electron chi connectivity index (χ0n) is 9.62. The van der Waals surface area contributed by atoms with Gasteiger partial charge in [0, 0.05) is 25.2 Å². The third kappa shape index (κ3) is 3.16. The van der Waals surface area contributed by atoms with Crippen molar-refractivity contribution in [3.05, 3.63) is 0 Å². The van der Waals surface area contributed by atoms with Crippen LogP contribution in [-0.4, -0.2) is 48.3 Å². The smallest absolute Gasteiger partial charge is 0.0446 e. The topological polar surface area (TPSA) is 35.5 Å². The highest BCUT2D eigenvalue weighted by Gasteiger charge is 2.25. The predicted octanol–water partition coefficient (Wildman–Crippen LogP) is 0.975. The van der Waals surface area contributed by atoms with Crippen molar-refractivity contribution in [3.63, 3.8) is 0 Å². The van der Waals surface area contributed by atoms with E-state index in [-0.39, 0.29) is 0 Å². The molecular weight excluding hydrogens is 188 g/mol. The molecule has 1 saturated carbocycles. The standard InChI is InChI=1S/C12H24N2O/c15-9-6-11-10-14(8-3-7-13-11)12-4-1-2-5-12/h11-13,15H,1-10H2. The molecule has 2 fully saturated rings. The van der Waals surface area contributed by atoms with Crippen LogP contribution in [0.1, 0.15) is 38.5 Å². The summed E-state index contributed by atoms with van der Waals surface area (Å²) in [4.78, 5) is 2.66. The van der Waals surface area contributed by atoms with E-state index >= 15 is 0 Å². The number of rotatable bonds is 3. The Balaban J connectivity index is 1.86. The van der Waals surface area contributed by atoms with Gasteiger partial charge >= 0.3 is 0 Å². The normalized spacial score (nSPS) is 30.6. The molecule has 15 heavy (non-hydrogen) atoms. The van der Waals surface area contributed by atoms with Gasteiger partial charge < -0.3 is 10.4 Å². The molecule has 0 radical (unpaired) electrons. The lowest BCUT2D eigenvalue weighted by molar-refractivity contribution is 0.180. The summed E-state index contributed by atoms with van der Waals surface area (Å²) < 4.78 is 0. The summed E-state index contributed by atoms with van der Waals surface area (Å²) in [7, 11) is 0. The molecule has 0 aromatic carbocycles. The van der Waals surface area contributed by atoms with Crippen LogP contribution in [0.15, 0.2) is 0 Å². The minimum absolute atomic E-state index is 0.316. The van der Waals surface area contributed by atoms with Crippen molar-refractivity contribution < 1.29 is 5.11 Å². The number of nitrogens with zero attached hydrogens (tertiary/aromatic N) is 1. The highest BCUT2D eigenvalue weighted by molar-refractivity contribution is 4.83. The lowest BCUT2D eigenvalue weighted by atomic mass is 10.1. The van der Waals surface area contributed by atoms with E-state index in [1.165, 1.54) is 38.6 Å². The summed E-state index contributed by atoms with van der Waals surface area (Å²) in [5.74, 6) is 0. The van der Waals surface area contributed by atoms with E-state index in [1.54, 1.807) is 0 Å². The second-order valence-electron chi connectivity index (χ2n) is 4.95. The molecule has 0 bridgehead atoms. The number of aliphatic hydroxyl groups is 1. The quantitative estimate of drug-likeness (QED) is 0.732. The van der Waals surface area contributed by atoms with Gasteiger partial charge in [0.05, 0.1) is 0 Å². The van der Waals surface area contributed by atoms with Crippen LogP contribution in [0.3, 0.4) is 0 Å². The van der Waals surface area contributed by atoms with Crippen molar-refractivity contribution in [1.82, 2.24) is 10.2 Å². The van der Waals surface area contributed by atoms with Crippen LogP contribution < -0.4 is 5.32 Å². The number of nitrogens with one attached hydrogen (secondary N) is 1. The van der Waals surface area contributed by atoms with E-state index in [1.807, 2.05) is 0 Å². The van der Waals surface area contributed by atoms with Crippen LogP contribution in [0.25, 0.3) is 0 Å². The fourth-order valence-corrected chi connectivity index (χ4v) is 2.98. The maximum atomic E-state index is 9.00. The zero-order chi connectivity index (χ0) is 10.5. The first-order chi connectivity index (χ1) is 7.40. The van der Waals surface area contributed by atoms with Gasteiger partial charge in [-0.05, 0) is 38.8 Å². The molecule has 1 unspecified atom stereocenters. The first-order valence-corrected chi connectivity index (χ1v) is 6.48. The third-order valence-electron chi connectivity index (χ3n) is 3.83. The summed E-state index contributed by atoms with van der Waals surface area (Å²) >= 11 is 0. The van der Waals surface area contributed by atoms with Crippen LogP contribution in [-0.2, 0) is 0 Å². The molecule has 2 rings (SSSR count). The van der Waals surface area contributed by atoms with Crippen LogP contribution in [0.4, 0.5) is 0 Å². The molecule has 1 saturated heterocycles. The first kappa shape index (κ1) is 11.4. The van der Waals surface area contributed by atoms with Gasteiger partial charge in [0.2, 0.25) is 0 Å². The van der Waals surface area contributed by atoms with Crippen molar-refractivity contribution in [3.8, 4) is 0 Å². The van der Waals surface area contributed by atoms with E-state index in [9.17, 15) is 0 Å². The second-order valence-corrected chi connectivity index (χ2v) is 4.95. The molecule has 1 aliphatic carbocycles. The summed E-state index contributed by atoms with van der Waals surface area (Å²) in [6.45, 7) is 3.83. The largest absolute Gasteiger partial charge is 0.396 e. The molecule has 3 nitrogen and oxygen atoms in total. The maximum absolute atomic E-state index is 9.00. The van der Waals surface area contributed by atoms with Gasteiger partial charge in [0.1, 0.15) is 0 Å². The second kappa shape index (κ2) is 5.83. The van der Waals surface area contributed by atoms with Gasteiger partial charge in [-0.15, -0.1) is 0 Å². The Hall–Kier alpha value is -0.120. The van der Waals surface area contributed by atoms with Crippen LogP contribution >= 0.6 is 0 Å². The third-order valence-corrected chi connectivity index (χ3v) is 3.83. The average Bonchev–Trinajstić information content (AvgIpc) is 2.67. The first-order valence-electron chi connectivity index (χ1n) is 6.48. The molecule has 2 aliphatic rings. The molecule has 1 aliphatic heterocycles. The Morgan fingerprint density at radius 3 is 2.73 bits per heavy atom. The lowest BCUT2D eigenvalue weighted by Crippen LogP contribution is -2.42. The number of aliphatic hydroxyl groups excluding tert-OH is 1. The Kier molecular flexibility index (Phi) is 4.42. The highest BCUT2D eigenvalue weighted by Crippen LogP contribution is 2.24. The molecule has 0 aromatic heterocycles. The van der Waals surface area contributed by atoms with Gasteiger partial charge in [-0.2, -0.15) is 0 Å². The van der Waals surface area contributed by atoms with Crippen molar-refractivity contribution in [2.24, 2.45) is 0 Å². The van der Waals surface area contributed by atoms with E-state index in [4.69, 9.17) is 5.11 Å². The molecule has 88 valence electrons. The summed E-state index contributed by atoms with van der Waals surface area (Å²) in [5.41, 5.74) is 0. The fraction of sp³-hybridized carbons (Fsp3) is 1.00. The molecule has 1 atom stereocenters. The Bertz CT molecular complexity index is 180. The number of hydrogen-bond donors (Lipinski definition) is 2. The summed E-state index contributed by atoms with van der Waals surface area (Å²) in [6, 6.07) is 1.35. The van der Waals surface area contributed by atoms with Crippen LogP contribution in [0.2, 0.25) is 0 Å². The van der Waals surface area contributed by atoms with E-state index in [0.717, 1.165) is 25.6 Å². The van der Waals surface area contributed by atoms with Crippen molar-refractivity contribution in [2.45, 2.75) is 50.6 Å². The van der Waals surface area contributed by atoms with Crippen molar-refractivity contribution >= 4 is 0 Å². The van der Waals surface area contributed by atoms with Gasteiger partial charge in [0.25, 0.3) is 0 Å². The van der Waals surface area contributed by atoms with Crippen molar-refractivity contribution in [1.29, 1.82) is 0 Å². The van der Waals surface area contributed by atoms with Gasteiger partial charge in [0.15, 0.2) is 0 Å². The summed E-state index contributed by atoms with van der Waals surface area (Å²) in [6.07, 6.45) is 7.79. The molecule has 0 aromatic rings. The monoisotopic (exact) mass is 212 g/mol. The van der Waals surface area contributed by atoms with Gasteiger partial charge in [-0.3, -0.25) is 4.90 Å². The fourth-order valence-electron chi connectivity index (χ4n) is 2.98. The van der Waals surface area contributed by atoms with E-state index in [0.29, 0.717) is 12.6 Å². The minimum Gasteiger partial charge on any atom is -0.396 e. The molecular formula is C12H24N2O. The minimum atomic E-state index is 0.316. The Morgan fingerprint density at radius 1 is 1.20 bits per heavy atom. The van der Waals surface area contributed by atoms with E-state index in [2.05, 4.69) is 10.2 Å². The van der Waals surface area contributed by atoms with Crippen LogP contribution in [0.5, 0.6) is 0 Å². The lowest BCUT2D eigenvalue weighted by Gasteiger charge is -2.29. The molecule has 0 amide bonds. The van der Waals surface area contributed by atoms with E-state index < -0.39 is 0 Å². The van der Waals surface area contributed by atoms with Gasteiger partial charge in [-0.25, -0.2) is 0 Å². The molecule has 0 spiro atoms. The number of hydrogen-bond acceptors (Lipinski definition) is 3. The Morgan fingerprint density at radius 2 is 2.00 bits per heavy atom. The Labute approximate surface area is 92.8 Å². The zero-order valence-corrected chi connectivity index (χ0v) is 9.62. The SMILES string of the molecule is OCCC1CN(C2CCCC2)CCCN1. The summed E-state index contributed by atoms with van der Waals surface area (Å²) in [5, 5.41) is 12.5. The highest BCUT2D eigenvalue weighted by atomic mass is 16.3. The molecule has 1 heterocycles.